The van der Waals surface area contributed by atoms with E-state index < -0.39 is 0 Å². The number of benzene rings is 1. The summed E-state index contributed by atoms with van der Waals surface area (Å²) >= 11 is 1.81. The summed E-state index contributed by atoms with van der Waals surface area (Å²) in [7, 11) is 1.83. The number of ether oxygens (including phenoxy) is 2. The lowest BCUT2D eigenvalue weighted by molar-refractivity contribution is 0.0177. The van der Waals surface area contributed by atoms with Crippen molar-refractivity contribution in [3.05, 3.63) is 52.2 Å². The van der Waals surface area contributed by atoms with Crippen molar-refractivity contribution in [1.82, 2.24) is 15.5 Å². The minimum Gasteiger partial charge on any atom is -0.379 e. The van der Waals surface area contributed by atoms with Crippen LogP contribution in [0.1, 0.15) is 16.5 Å². The molecule has 3 heterocycles. The van der Waals surface area contributed by atoms with Crippen LogP contribution in [0.5, 0.6) is 0 Å². The Hall–Kier alpha value is -1.40. The molecule has 1 aromatic heterocycles. The molecule has 0 bridgehead atoms. The van der Waals surface area contributed by atoms with Crippen LogP contribution in [0.4, 0.5) is 5.69 Å². The molecule has 7 nitrogen and oxygen atoms in total. The molecule has 0 amide bonds. The first-order valence-corrected chi connectivity index (χ1v) is 11.9. The third kappa shape index (κ3) is 7.05. The Labute approximate surface area is 212 Å². The number of thiophene rings is 1. The molecule has 0 saturated carbocycles. The van der Waals surface area contributed by atoms with Crippen LogP contribution in [0.25, 0.3) is 0 Å². The number of hydrogen-bond donors (Lipinski definition) is 2. The fourth-order valence-corrected chi connectivity index (χ4v) is 4.89. The van der Waals surface area contributed by atoms with Crippen LogP contribution in [0, 0.1) is 0 Å². The van der Waals surface area contributed by atoms with E-state index in [9.17, 15) is 0 Å². The average Bonchev–Trinajstić information content (AvgIpc) is 3.37. The van der Waals surface area contributed by atoms with Gasteiger partial charge in [0.15, 0.2) is 5.96 Å². The van der Waals surface area contributed by atoms with Gasteiger partial charge in [-0.05, 0) is 29.1 Å². The summed E-state index contributed by atoms with van der Waals surface area (Å²) in [6.07, 6.45) is 0. The van der Waals surface area contributed by atoms with Crippen LogP contribution in [-0.4, -0.2) is 77.1 Å². The molecule has 1 atom stereocenters. The van der Waals surface area contributed by atoms with Crippen LogP contribution < -0.4 is 15.5 Å². The summed E-state index contributed by atoms with van der Waals surface area (Å²) in [4.78, 5) is 10.7. The van der Waals surface area contributed by atoms with Gasteiger partial charge in [0.25, 0.3) is 0 Å². The van der Waals surface area contributed by atoms with Crippen LogP contribution in [0.3, 0.4) is 0 Å². The Morgan fingerprint density at radius 3 is 2.31 bits per heavy atom. The van der Waals surface area contributed by atoms with Crippen molar-refractivity contribution in [1.29, 1.82) is 0 Å². The molecule has 4 rings (SSSR count). The summed E-state index contributed by atoms with van der Waals surface area (Å²) in [5.41, 5.74) is 2.50. The van der Waals surface area contributed by atoms with Gasteiger partial charge in [-0.25, -0.2) is 0 Å². The monoisotopic (exact) mass is 571 g/mol. The molecule has 2 aliphatic rings. The number of nitrogens with zero attached hydrogens (tertiary/aromatic N) is 3. The third-order valence-corrected chi connectivity index (χ3v) is 6.79. The van der Waals surface area contributed by atoms with Gasteiger partial charge < -0.3 is 25.0 Å². The van der Waals surface area contributed by atoms with Crippen molar-refractivity contribution >= 4 is 47.0 Å². The van der Waals surface area contributed by atoms with Crippen LogP contribution in [-0.2, 0) is 16.0 Å². The van der Waals surface area contributed by atoms with Gasteiger partial charge in [0.2, 0.25) is 0 Å². The molecule has 2 fully saturated rings. The van der Waals surface area contributed by atoms with E-state index in [1.807, 2.05) is 18.4 Å². The fourth-order valence-electron chi connectivity index (χ4n) is 4.03. The first-order valence-electron chi connectivity index (χ1n) is 11.0. The normalized spacial score (nSPS) is 18.7. The molecule has 2 aliphatic heterocycles. The first kappa shape index (κ1) is 25.2. The second-order valence-corrected chi connectivity index (χ2v) is 8.73. The number of hydrogen-bond acceptors (Lipinski definition) is 6. The zero-order chi connectivity index (χ0) is 21.3. The van der Waals surface area contributed by atoms with E-state index in [-0.39, 0.29) is 24.0 Å². The second kappa shape index (κ2) is 13.3. The molecule has 2 aromatic rings. The van der Waals surface area contributed by atoms with Gasteiger partial charge in [0.05, 0.1) is 32.5 Å². The Balaban J connectivity index is 0.00000289. The van der Waals surface area contributed by atoms with Gasteiger partial charge in [0, 0.05) is 56.9 Å². The van der Waals surface area contributed by atoms with E-state index in [0.29, 0.717) is 6.04 Å². The SMILES string of the molecule is CN=C(NCc1ccc(N2CCOCC2)cc1)NCC(c1cccs1)N1CCOCC1.I. The van der Waals surface area contributed by atoms with Gasteiger partial charge in [0.1, 0.15) is 0 Å². The molecule has 176 valence electrons. The highest BCUT2D eigenvalue weighted by atomic mass is 127. The quantitative estimate of drug-likeness (QED) is 0.303. The van der Waals surface area contributed by atoms with E-state index in [4.69, 9.17) is 9.47 Å². The molecule has 0 radical (unpaired) electrons. The number of halogens is 1. The Morgan fingerprint density at radius 2 is 1.69 bits per heavy atom. The van der Waals surface area contributed by atoms with Crippen molar-refractivity contribution in [3.63, 3.8) is 0 Å². The van der Waals surface area contributed by atoms with Crippen molar-refractivity contribution in [2.24, 2.45) is 4.99 Å². The number of morpholine rings is 2. The molecule has 0 aliphatic carbocycles. The van der Waals surface area contributed by atoms with E-state index in [1.54, 1.807) is 0 Å². The number of guanidine groups is 1. The van der Waals surface area contributed by atoms with Crippen LogP contribution >= 0.6 is 35.3 Å². The molecule has 0 spiro atoms. The maximum atomic E-state index is 5.54. The lowest BCUT2D eigenvalue weighted by Gasteiger charge is -2.34. The second-order valence-electron chi connectivity index (χ2n) is 7.75. The summed E-state index contributed by atoms with van der Waals surface area (Å²) in [6.45, 7) is 8.62. The van der Waals surface area contributed by atoms with Crippen molar-refractivity contribution in [3.8, 4) is 0 Å². The standard InChI is InChI=1S/C23H33N5O2S.HI/c1-24-23(25-17-19-4-6-20(7-5-19)27-8-12-29-13-9-27)26-18-21(22-3-2-16-31-22)28-10-14-30-15-11-28;/h2-7,16,21H,8-15,17-18H2,1H3,(H2,24,25,26);1H. The lowest BCUT2D eigenvalue weighted by Crippen LogP contribution is -2.46. The maximum absolute atomic E-state index is 5.54. The fraction of sp³-hybridized carbons (Fsp3) is 0.522. The summed E-state index contributed by atoms with van der Waals surface area (Å²) in [6, 6.07) is 13.4. The Kier molecular flexibility index (Phi) is 10.5. The van der Waals surface area contributed by atoms with E-state index >= 15 is 0 Å². The molecular weight excluding hydrogens is 537 g/mol. The minimum absolute atomic E-state index is 0. The van der Waals surface area contributed by atoms with E-state index in [1.165, 1.54) is 16.1 Å². The highest BCUT2D eigenvalue weighted by Crippen LogP contribution is 2.25. The first-order chi connectivity index (χ1) is 15.3. The summed E-state index contributed by atoms with van der Waals surface area (Å²) in [5, 5.41) is 9.13. The third-order valence-electron chi connectivity index (χ3n) is 5.82. The molecular formula is C23H34IN5O2S. The lowest BCUT2D eigenvalue weighted by atomic mass is 10.2. The number of nitrogens with one attached hydrogen (secondary N) is 2. The van der Waals surface area contributed by atoms with E-state index in [2.05, 4.69) is 67.2 Å². The molecule has 9 heteroatoms. The minimum atomic E-state index is 0. The number of rotatable bonds is 7. The summed E-state index contributed by atoms with van der Waals surface area (Å²) in [5.74, 6) is 0.826. The average molecular weight is 572 g/mol. The van der Waals surface area contributed by atoms with E-state index in [0.717, 1.165) is 71.7 Å². The molecule has 2 N–H and O–H groups in total. The van der Waals surface area contributed by atoms with Crippen molar-refractivity contribution < 1.29 is 9.47 Å². The number of anilines is 1. The smallest absolute Gasteiger partial charge is 0.191 e. The highest BCUT2D eigenvalue weighted by molar-refractivity contribution is 14.0. The van der Waals surface area contributed by atoms with Gasteiger partial charge in [-0.3, -0.25) is 9.89 Å². The predicted molar refractivity (Wildman–Crippen MR) is 143 cm³/mol. The molecule has 1 aromatic carbocycles. The van der Waals surface area contributed by atoms with Crippen LogP contribution in [0.15, 0.2) is 46.8 Å². The highest BCUT2D eigenvalue weighted by Gasteiger charge is 2.23. The van der Waals surface area contributed by atoms with Crippen LogP contribution in [0.2, 0.25) is 0 Å². The topological polar surface area (TPSA) is 61.4 Å². The zero-order valence-corrected chi connectivity index (χ0v) is 21.8. The van der Waals surface area contributed by atoms with Gasteiger partial charge >= 0.3 is 0 Å². The van der Waals surface area contributed by atoms with Gasteiger partial charge in [-0.15, -0.1) is 35.3 Å². The number of aliphatic imine (C=N–C) groups is 1. The molecule has 1 unspecified atom stereocenters. The van der Waals surface area contributed by atoms with Crippen molar-refractivity contribution in [2.45, 2.75) is 12.6 Å². The van der Waals surface area contributed by atoms with Gasteiger partial charge in [-0.2, -0.15) is 0 Å². The maximum Gasteiger partial charge on any atom is 0.191 e. The van der Waals surface area contributed by atoms with Crippen molar-refractivity contribution in [2.75, 3.05) is 71.1 Å². The Morgan fingerprint density at radius 1 is 1.00 bits per heavy atom. The largest absolute Gasteiger partial charge is 0.379 e. The molecule has 2 saturated heterocycles. The van der Waals surface area contributed by atoms with Gasteiger partial charge in [-0.1, -0.05) is 18.2 Å². The Bertz CT molecular complexity index is 806. The summed E-state index contributed by atoms with van der Waals surface area (Å²) < 4.78 is 11.0. The predicted octanol–water partition coefficient (Wildman–Crippen LogP) is 2.94. The molecule has 32 heavy (non-hydrogen) atoms. The zero-order valence-electron chi connectivity index (χ0n) is 18.7.